The van der Waals surface area contributed by atoms with Crippen molar-refractivity contribution in [2.75, 3.05) is 0 Å². The van der Waals surface area contributed by atoms with E-state index in [1.165, 1.54) is 5.56 Å². The molecule has 124 valence electrons. The summed E-state index contributed by atoms with van der Waals surface area (Å²) in [5.41, 5.74) is 1.17. The Kier molecular flexibility index (Phi) is 10.3. The quantitative estimate of drug-likeness (QED) is 0.803. The first-order valence-corrected chi connectivity index (χ1v) is 6.73. The van der Waals surface area contributed by atoms with Crippen LogP contribution in [0.5, 0.6) is 0 Å². The number of hydrogen-bond acceptors (Lipinski definition) is 4. The van der Waals surface area contributed by atoms with Crippen LogP contribution in [0.4, 0.5) is 0 Å². The Bertz CT molecular complexity index is 625. The first-order valence-electron chi connectivity index (χ1n) is 6.73. The molecular formula is C18H18N2O4. The van der Waals surface area contributed by atoms with Crippen molar-refractivity contribution in [3.05, 3.63) is 79.9 Å². The zero-order valence-corrected chi connectivity index (χ0v) is 13.0. The Morgan fingerprint density at radius 3 is 1.42 bits per heavy atom. The van der Waals surface area contributed by atoms with Crippen molar-refractivity contribution in [1.29, 1.82) is 0 Å². The van der Waals surface area contributed by atoms with Crippen molar-refractivity contribution in [2.45, 2.75) is 0 Å². The SMILES string of the molecule is C=CC(=O)NC(=O)/C=C\C(=O)NC(=O)C=C.C=Cc1ccccc1. The fraction of sp³-hybridized carbons (Fsp3) is 0. The molecule has 6 nitrogen and oxygen atoms in total. The maximum atomic E-state index is 10.9. The van der Waals surface area contributed by atoms with Gasteiger partial charge in [0.2, 0.25) is 11.8 Å². The number of amides is 4. The van der Waals surface area contributed by atoms with E-state index in [2.05, 4.69) is 19.7 Å². The van der Waals surface area contributed by atoms with E-state index in [0.29, 0.717) is 0 Å². The van der Waals surface area contributed by atoms with Gasteiger partial charge >= 0.3 is 0 Å². The third kappa shape index (κ3) is 10.2. The van der Waals surface area contributed by atoms with Gasteiger partial charge in [-0.15, -0.1) is 0 Å². The summed E-state index contributed by atoms with van der Waals surface area (Å²) >= 11 is 0. The monoisotopic (exact) mass is 326 g/mol. The van der Waals surface area contributed by atoms with Crippen LogP contribution in [0.15, 0.2) is 74.4 Å². The maximum absolute atomic E-state index is 10.9. The number of rotatable bonds is 5. The Balaban J connectivity index is 0.000000546. The van der Waals surface area contributed by atoms with E-state index in [1.54, 1.807) is 0 Å². The molecule has 0 atom stereocenters. The van der Waals surface area contributed by atoms with Crippen molar-refractivity contribution >= 4 is 29.7 Å². The molecule has 0 fully saturated rings. The second kappa shape index (κ2) is 12.0. The highest BCUT2D eigenvalue weighted by Gasteiger charge is 2.02. The number of nitrogens with one attached hydrogen (secondary N) is 2. The highest BCUT2D eigenvalue weighted by atomic mass is 16.2. The molecule has 0 heterocycles. The lowest BCUT2D eigenvalue weighted by molar-refractivity contribution is -0.127. The van der Waals surface area contributed by atoms with Gasteiger partial charge in [-0.1, -0.05) is 56.1 Å². The topological polar surface area (TPSA) is 92.3 Å². The molecule has 0 spiro atoms. The van der Waals surface area contributed by atoms with Crippen molar-refractivity contribution in [3.8, 4) is 0 Å². The van der Waals surface area contributed by atoms with Crippen molar-refractivity contribution in [3.63, 3.8) is 0 Å². The molecule has 6 heteroatoms. The fourth-order valence-corrected chi connectivity index (χ4v) is 1.17. The molecule has 0 radical (unpaired) electrons. The van der Waals surface area contributed by atoms with Gasteiger partial charge in [0, 0.05) is 12.2 Å². The Morgan fingerprint density at radius 1 is 0.708 bits per heavy atom. The Labute approximate surface area is 140 Å². The lowest BCUT2D eigenvalue weighted by Crippen LogP contribution is -2.29. The third-order valence-electron chi connectivity index (χ3n) is 2.28. The van der Waals surface area contributed by atoms with E-state index < -0.39 is 23.6 Å². The highest BCUT2D eigenvalue weighted by Crippen LogP contribution is 1.97. The number of hydrogen-bond donors (Lipinski definition) is 2. The van der Waals surface area contributed by atoms with Crippen LogP contribution in [-0.2, 0) is 19.2 Å². The smallest absolute Gasteiger partial charge is 0.250 e. The summed E-state index contributed by atoms with van der Waals surface area (Å²) in [6.45, 7) is 9.90. The molecule has 0 aromatic heterocycles. The minimum atomic E-state index is -0.786. The van der Waals surface area contributed by atoms with Crippen molar-refractivity contribution in [1.82, 2.24) is 10.6 Å². The summed E-state index contributed by atoms with van der Waals surface area (Å²) < 4.78 is 0. The average Bonchev–Trinajstić information content (AvgIpc) is 2.60. The lowest BCUT2D eigenvalue weighted by Gasteiger charge is -1.95. The van der Waals surface area contributed by atoms with E-state index >= 15 is 0 Å². The normalized spacial score (nSPS) is 9.00. The van der Waals surface area contributed by atoms with Crippen LogP contribution in [-0.4, -0.2) is 23.6 Å². The van der Waals surface area contributed by atoms with E-state index in [0.717, 1.165) is 24.3 Å². The zero-order valence-electron chi connectivity index (χ0n) is 13.0. The van der Waals surface area contributed by atoms with Crippen LogP contribution < -0.4 is 10.6 Å². The number of carbonyl (C=O) groups is 4. The summed E-state index contributed by atoms with van der Waals surface area (Å²) in [7, 11) is 0. The van der Waals surface area contributed by atoms with Gasteiger partial charge in [-0.05, 0) is 17.7 Å². The van der Waals surface area contributed by atoms with Crippen LogP contribution in [0.2, 0.25) is 0 Å². The van der Waals surface area contributed by atoms with Gasteiger partial charge in [-0.2, -0.15) is 0 Å². The molecule has 1 aromatic rings. The van der Waals surface area contributed by atoms with E-state index in [4.69, 9.17) is 0 Å². The maximum Gasteiger partial charge on any atom is 0.250 e. The van der Waals surface area contributed by atoms with Crippen molar-refractivity contribution in [2.24, 2.45) is 0 Å². The summed E-state index contributed by atoms with van der Waals surface area (Å²) in [6.07, 6.45) is 5.28. The van der Waals surface area contributed by atoms with Gasteiger partial charge in [-0.3, -0.25) is 29.8 Å². The molecule has 2 N–H and O–H groups in total. The molecule has 4 amide bonds. The second-order valence-corrected chi connectivity index (χ2v) is 4.06. The summed E-state index contributed by atoms with van der Waals surface area (Å²) in [6, 6.07) is 10.0. The molecule has 1 aromatic carbocycles. The molecule has 0 aliphatic rings. The third-order valence-corrected chi connectivity index (χ3v) is 2.28. The molecule has 24 heavy (non-hydrogen) atoms. The average molecular weight is 326 g/mol. The minimum absolute atomic E-state index is 0.683. The molecule has 0 saturated heterocycles. The largest absolute Gasteiger partial charge is 0.289 e. The van der Waals surface area contributed by atoms with Crippen LogP contribution in [0.1, 0.15) is 5.56 Å². The highest BCUT2D eigenvalue weighted by molar-refractivity contribution is 6.09. The van der Waals surface area contributed by atoms with Gasteiger partial charge in [0.1, 0.15) is 0 Å². The zero-order chi connectivity index (χ0) is 18.4. The van der Waals surface area contributed by atoms with Gasteiger partial charge in [0.25, 0.3) is 11.8 Å². The van der Waals surface area contributed by atoms with Gasteiger partial charge < -0.3 is 0 Å². The molecule has 1 rings (SSSR count). The minimum Gasteiger partial charge on any atom is -0.289 e. The van der Waals surface area contributed by atoms with Crippen LogP contribution in [0.25, 0.3) is 6.08 Å². The molecule has 0 bridgehead atoms. The fourth-order valence-electron chi connectivity index (χ4n) is 1.17. The Hall–Kier alpha value is -3.54. The first kappa shape index (κ1) is 20.5. The first-order chi connectivity index (χ1) is 11.4. The predicted molar refractivity (Wildman–Crippen MR) is 92.4 cm³/mol. The number of carbonyl (C=O) groups excluding carboxylic acids is 4. The summed E-state index contributed by atoms with van der Waals surface area (Å²) in [4.78, 5) is 43.1. The number of benzene rings is 1. The van der Waals surface area contributed by atoms with Crippen LogP contribution in [0, 0.1) is 0 Å². The van der Waals surface area contributed by atoms with Crippen LogP contribution in [0.3, 0.4) is 0 Å². The van der Waals surface area contributed by atoms with Crippen molar-refractivity contribution < 1.29 is 19.2 Å². The van der Waals surface area contributed by atoms with Gasteiger partial charge in [-0.25, -0.2) is 0 Å². The summed E-state index contributed by atoms with van der Waals surface area (Å²) in [5.74, 6) is -2.94. The lowest BCUT2D eigenvalue weighted by atomic mass is 10.2. The van der Waals surface area contributed by atoms with E-state index in [1.807, 2.05) is 47.0 Å². The predicted octanol–water partition coefficient (Wildman–Crippen LogP) is 1.53. The van der Waals surface area contributed by atoms with Gasteiger partial charge in [0.05, 0.1) is 0 Å². The second-order valence-electron chi connectivity index (χ2n) is 4.06. The summed E-state index contributed by atoms with van der Waals surface area (Å²) in [5, 5.41) is 3.77. The molecule has 0 aliphatic heterocycles. The van der Waals surface area contributed by atoms with E-state index in [9.17, 15) is 19.2 Å². The Morgan fingerprint density at radius 2 is 1.12 bits per heavy atom. The standard InChI is InChI=1S/C10H10N2O4.C8H8/c1-3-7(13)11-9(15)5-6-10(16)12-8(14)4-2;1-2-8-6-4-3-5-7-8/h3-6H,1-2H2,(H,11,13,15)(H,12,14,16);2-7H,1H2/b6-5-;. The molecule has 0 aliphatic carbocycles. The van der Waals surface area contributed by atoms with Gasteiger partial charge in [0.15, 0.2) is 0 Å². The van der Waals surface area contributed by atoms with E-state index in [-0.39, 0.29) is 0 Å². The molecular weight excluding hydrogens is 308 g/mol. The number of imide groups is 2. The van der Waals surface area contributed by atoms with Crippen LogP contribution >= 0.6 is 0 Å². The molecule has 0 unspecified atom stereocenters. The molecule has 0 saturated carbocycles.